The first-order chi connectivity index (χ1) is 9.20. The van der Waals surface area contributed by atoms with Crippen molar-refractivity contribution >= 4 is 17.5 Å². The summed E-state index contributed by atoms with van der Waals surface area (Å²) in [5.74, 6) is -0.724. The maximum absolute atomic E-state index is 13.3. The number of benzene rings is 1. The average Bonchev–Trinajstić information content (AvgIpc) is 2.32. The van der Waals surface area contributed by atoms with Gasteiger partial charge in [-0.2, -0.15) is 0 Å². The van der Waals surface area contributed by atoms with Gasteiger partial charge in [0.15, 0.2) is 0 Å². The van der Waals surface area contributed by atoms with Crippen molar-refractivity contribution in [2.45, 2.75) is 34.1 Å². The molecule has 0 radical (unpaired) electrons. The number of anilines is 1. The third-order valence-corrected chi connectivity index (χ3v) is 2.77. The zero-order valence-corrected chi connectivity index (χ0v) is 12.3. The molecule has 1 aromatic rings. The number of carbonyl (C=O) groups excluding carboxylic acids is 2. The second-order valence-corrected chi connectivity index (χ2v) is 5.77. The molecule has 5 heteroatoms. The Balaban J connectivity index is 2.41. The van der Waals surface area contributed by atoms with Crippen molar-refractivity contribution in [2.24, 2.45) is 5.41 Å². The largest absolute Gasteiger partial charge is 0.355 e. The zero-order valence-electron chi connectivity index (χ0n) is 12.3. The fourth-order valence-corrected chi connectivity index (χ4v) is 1.45. The van der Waals surface area contributed by atoms with Gasteiger partial charge in [-0.05, 0) is 24.6 Å². The molecule has 2 amide bonds. The summed E-state index contributed by atoms with van der Waals surface area (Å²) in [6.45, 7) is 7.33. The lowest BCUT2D eigenvalue weighted by atomic mass is 9.96. The van der Waals surface area contributed by atoms with Crippen molar-refractivity contribution in [1.29, 1.82) is 0 Å². The number of carbonyl (C=O) groups is 2. The summed E-state index contributed by atoms with van der Waals surface area (Å²) in [5, 5.41) is 5.28. The lowest BCUT2D eigenvalue weighted by Crippen LogP contribution is -2.36. The molecule has 0 aliphatic carbocycles. The van der Waals surface area contributed by atoms with Crippen LogP contribution in [0.3, 0.4) is 0 Å². The van der Waals surface area contributed by atoms with Gasteiger partial charge in [-0.1, -0.05) is 26.8 Å². The molecule has 1 aromatic carbocycles. The Hall–Kier alpha value is -1.91. The molecule has 0 bridgehead atoms. The molecule has 0 spiro atoms. The number of amides is 2. The summed E-state index contributed by atoms with van der Waals surface area (Å²) in [5.41, 5.74) is 0.469. The number of aryl methyl sites for hydroxylation is 1. The highest BCUT2D eigenvalue weighted by Crippen LogP contribution is 2.14. The van der Waals surface area contributed by atoms with Gasteiger partial charge in [0.25, 0.3) is 0 Å². The molecular formula is C15H21FN2O2. The topological polar surface area (TPSA) is 58.2 Å². The molecule has 2 N–H and O–H groups in total. The van der Waals surface area contributed by atoms with E-state index in [4.69, 9.17) is 0 Å². The van der Waals surface area contributed by atoms with Crippen LogP contribution >= 0.6 is 0 Å². The van der Waals surface area contributed by atoms with E-state index in [2.05, 4.69) is 10.6 Å². The smallest absolute Gasteiger partial charge is 0.226 e. The number of hydrogen-bond donors (Lipinski definition) is 2. The van der Waals surface area contributed by atoms with Crippen molar-refractivity contribution in [3.63, 3.8) is 0 Å². The van der Waals surface area contributed by atoms with E-state index < -0.39 is 5.41 Å². The number of rotatable bonds is 4. The molecule has 1 rings (SSSR count). The summed E-state index contributed by atoms with van der Waals surface area (Å²) in [7, 11) is 0. The van der Waals surface area contributed by atoms with Gasteiger partial charge in [0.1, 0.15) is 5.82 Å². The molecule has 0 aromatic heterocycles. The zero-order chi connectivity index (χ0) is 15.3. The van der Waals surface area contributed by atoms with Crippen LogP contribution in [0.5, 0.6) is 0 Å². The number of hydrogen-bond acceptors (Lipinski definition) is 2. The minimum Gasteiger partial charge on any atom is -0.355 e. The van der Waals surface area contributed by atoms with Gasteiger partial charge in [-0.15, -0.1) is 0 Å². The predicted octanol–water partition coefficient (Wildman–Crippen LogP) is 2.63. The van der Waals surface area contributed by atoms with Crippen LogP contribution < -0.4 is 10.6 Å². The molecule has 0 heterocycles. The molecule has 0 fully saturated rings. The van der Waals surface area contributed by atoms with Crippen molar-refractivity contribution in [3.05, 3.63) is 29.6 Å². The molecule has 0 saturated heterocycles. The Labute approximate surface area is 118 Å². The van der Waals surface area contributed by atoms with Crippen LogP contribution in [0, 0.1) is 18.2 Å². The van der Waals surface area contributed by atoms with Crippen molar-refractivity contribution in [2.75, 3.05) is 11.9 Å². The number of halogens is 1. The fraction of sp³-hybridized carbons (Fsp3) is 0.467. The third kappa shape index (κ3) is 4.99. The average molecular weight is 280 g/mol. The highest BCUT2D eigenvalue weighted by atomic mass is 19.1. The maximum atomic E-state index is 13.3. The summed E-state index contributed by atoms with van der Waals surface area (Å²) in [4.78, 5) is 23.2. The van der Waals surface area contributed by atoms with Crippen LogP contribution in [0.2, 0.25) is 0 Å². The molecule has 20 heavy (non-hydrogen) atoms. The van der Waals surface area contributed by atoms with Gasteiger partial charge < -0.3 is 10.6 Å². The molecule has 110 valence electrons. The second kappa shape index (κ2) is 6.50. The van der Waals surface area contributed by atoms with Crippen LogP contribution in [0.15, 0.2) is 18.2 Å². The Kier molecular flexibility index (Phi) is 5.25. The highest BCUT2D eigenvalue weighted by Gasteiger charge is 2.20. The highest BCUT2D eigenvalue weighted by molar-refractivity contribution is 5.91. The van der Waals surface area contributed by atoms with E-state index >= 15 is 0 Å². The number of nitrogens with one attached hydrogen (secondary N) is 2. The summed E-state index contributed by atoms with van der Waals surface area (Å²) >= 11 is 0. The maximum Gasteiger partial charge on any atom is 0.226 e. The SMILES string of the molecule is Cc1ccc(NC(=O)CCNC(=O)C(C)(C)C)cc1F. The Bertz CT molecular complexity index is 507. The molecule has 0 aliphatic heterocycles. The van der Waals surface area contributed by atoms with Gasteiger partial charge in [0.2, 0.25) is 11.8 Å². The first kappa shape index (κ1) is 16.1. The summed E-state index contributed by atoms with van der Waals surface area (Å²) < 4.78 is 13.3. The van der Waals surface area contributed by atoms with Gasteiger partial charge in [0, 0.05) is 24.1 Å². The predicted molar refractivity (Wildman–Crippen MR) is 76.8 cm³/mol. The lowest BCUT2D eigenvalue weighted by Gasteiger charge is -2.17. The van der Waals surface area contributed by atoms with Gasteiger partial charge in [-0.3, -0.25) is 9.59 Å². The minimum absolute atomic E-state index is 0.105. The third-order valence-electron chi connectivity index (χ3n) is 2.77. The van der Waals surface area contributed by atoms with Crippen LogP contribution in [0.25, 0.3) is 0 Å². The fourth-order valence-electron chi connectivity index (χ4n) is 1.45. The van der Waals surface area contributed by atoms with E-state index in [1.165, 1.54) is 6.07 Å². The van der Waals surface area contributed by atoms with E-state index in [-0.39, 0.29) is 30.6 Å². The van der Waals surface area contributed by atoms with E-state index in [0.717, 1.165) is 0 Å². The normalized spacial score (nSPS) is 11.1. The molecular weight excluding hydrogens is 259 g/mol. The summed E-state index contributed by atoms with van der Waals surface area (Å²) in [6, 6.07) is 4.53. The van der Waals surface area contributed by atoms with Crippen LogP contribution in [0.4, 0.5) is 10.1 Å². The Morgan fingerprint density at radius 1 is 1.25 bits per heavy atom. The first-order valence-electron chi connectivity index (χ1n) is 6.54. The van der Waals surface area contributed by atoms with Crippen molar-refractivity contribution in [3.8, 4) is 0 Å². The van der Waals surface area contributed by atoms with E-state index in [1.54, 1.807) is 39.8 Å². The van der Waals surface area contributed by atoms with E-state index in [0.29, 0.717) is 11.3 Å². The first-order valence-corrected chi connectivity index (χ1v) is 6.54. The summed E-state index contributed by atoms with van der Waals surface area (Å²) in [6.07, 6.45) is 0.150. The molecule has 0 aliphatic rings. The second-order valence-electron chi connectivity index (χ2n) is 5.77. The van der Waals surface area contributed by atoms with Crippen LogP contribution in [-0.2, 0) is 9.59 Å². The molecule has 0 unspecified atom stereocenters. The van der Waals surface area contributed by atoms with Crippen LogP contribution in [0.1, 0.15) is 32.8 Å². The lowest BCUT2D eigenvalue weighted by molar-refractivity contribution is -0.128. The van der Waals surface area contributed by atoms with Crippen molar-refractivity contribution in [1.82, 2.24) is 5.32 Å². The Morgan fingerprint density at radius 2 is 1.90 bits per heavy atom. The molecule has 0 saturated carbocycles. The van der Waals surface area contributed by atoms with E-state index in [1.807, 2.05) is 0 Å². The quantitative estimate of drug-likeness (QED) is 0.890. The Morgan fingerprint density at radius 3 is 2.45 bits per heavy atom. The van der Waals surface area contributed by atoms with Crippen molar-refractivity contribution < 1.29 is 14.0 Å². The molecule has 0 atom stereocenters. The monoisotopic (exact) mass is 280 g/mol. The standard InChI is InChI=1S/C15H21FN2O2/c1-10-5-6-11(9-12(10)16)18-13(19)7-8-17-14(20)15(2,3)4/h5-6,9H,7-8H2,1-4H3,(H,17,20)(H,18,19). The minimum atomic E-state index is -0.476. The van der Waals surface area contributed by atoms with Gasteiger partial charge in [0.05, 0.1) is 0 Å². The van der Waals surface area contributed by atoms with Gasteiger partial charge in [-0.25, -0.2) is 4.39 Å². The van der Waals surface area contributed by atoms with Crippen LogP contribution in [-0.4, -0.2) is 18.4 Å². The van der Waals surface area contributed by atoms with E-state index in [9.17, 15) is 14.0 Å². The van der Waals surface area contributed by atoms with Gasteiger partial charge >= 0.3 is 0 Å². The molecule has 4 nitrogen and oxygen atoms in total.